The highest BCUT2D eigenvalue weighted by Gasteiger charge is 2.47. The number of nitrogens with zero attached hydrogens (tertiary/aromatic N) is 4. The summed E-state index contributed by atoms with van der Waals surface area (Å²) >= 11 is 0. The number of anilines is 6. The van der Waals surface area contributed by atoms with Crippen molar-refractivity contribution in [2.75, 3.05) is 9.80 Å². The maximum absolute atomic E-state index is 2.75. The van der Waals surface area contributed by atoms with Gasteiger partial charge in [-0.2, -0.15) is 0 Å². The summed E-state index contributed by atoms with van der Waals surface area (Å²) in [5.74, 6) is 0. The Kier molecular flexibility index (Phi) is 5.77. The zero-order valence-electron chi connectivity index (χ0n) is 32.1. The Labute approximate surface area is 337 Å². The van der Waals surface area contributed by atoms with Gasteiger partial charge in [0, 0.05) is 67.1 Å². The van der Waals surface area contributed by atoms with Gasteiger partial charge in [0.2, 0.25) is 0 Å². The summed E-state index contributed by atoms with van der Waals surface area (Å²) in [5.41, 5.74) is 26.0. The molecule has 0 fully saturated rings. The molecule has 0 saturated carbocycles. The van der Waals surface area contributed by atoms with Crippen LogP contribution in [0.25, 0.3) is 55.1 Å². The third-order valence-electron chi connectivity index (χ3n) is 13.7. The van der Waals surface area contributed by atoms with E-state index in [-0.39, 0.29) is 13.7 Å². The van der Waals surface area contributed by atoms with Gasteiger partial charge >= 0.3 is 13.7 Å². The predicted molar refractivity (Wildman–Crippen MR) is 245 cm³/mol. The fraction of sp³-hybridized carbons (Fsp3) is 0.0385. The molecule has 0 aliphatic carbocycles. The highest BCUT2D eigenvalue weighted by atomic mass is 15.2. The third-order valence-corrected chi connectivity index (χ3v) is 13.7. The fourth-order valence-electron chi connectivity index (χ4n) is 11.6. The molecule has 0 bridgehead atoms. The van der Waals surface area contributed by atoms with Crippen LogP contribution in [0.5, 0.6) is 0 Å². The number of fused-ring (bicyclic) bond motifs is 13. The van der Waals surface area contributed by atoms with Gasteiger partial charge in [0.05, 0.1) is 11.0 Å². The number of aromatic nitrogens is 2. The van der Waals surface area contributed by atoms with Gasteiger partial charge in [-0.1, -0.05) is 121 Å². The number of benzene rings is 8. The Morgan fingerprint density at radius 2 is 0.759 bits per heavy atom. The van der Waals surface area contributed by atoms with Crippen molar-refractivity contribution in [2.45, 2.75) is 13.8 Å². The van der Waals surface area contributed by atoms with Crippen molar-refractivity contribution in [1.29, 1.82) is 0 Å². The van der Waals surface area contributed by atoms with Crippen molar-refractivity contribution >= 4 is 103 Å². The molecule has 2 aromatic heterocycles. The van der Waals surface area contributed by atoms with Crippen molar-refractivity contribution < 1.29 is 0 Å². The lowest BCUT2D eigenvalue weighted by molar-refractivity contribution is 1.25. The van der Waals surface area contributed by atoms with Crippen molar-refractivity contribution in [3.63, 3.8) is 0 Å². The first-order valence-corrected chi connectivity index (χ1v) is 20.4. The average Bonchev–Trinajstić information content (AvgIpc) is 3.79. The van der Waals surface area contributed by atoms with Gasteiger partial charge in [0.25, 0.3) is 0 Å². The number of hydrogen-bond acceptors (Lipinski definition) is 2. The summed E-state index contributed by atoms with van der Waals surface area (Å²) in [4.78, 5) is 4.98. The first-order chi connectivity index (χ1) is 28.7. The van der Waals surface area contributed by atoms with E-state index in [1.807, 2.05) is 0 Å². The van der Waals surface area contributed by atoms with Gasteiger partial charge in [0.15, 0.2) is 0 Å². The van der Waals surface area contributed by atoms with Crippen LogP contribution < -0.4 is 31.7 Å². The summed E-state index contributed by atoms with van der Waals surface area (Å²) in [6.45, 7) is 4.59. The maximum atomic E-state index is 2.75. The molecule has 0 saturated heterocycles. The molecule has 14 rings (SSSR count). The Morgan fingerprint density at radius 3 is 1.21 bits per heavy atom. The lowest BCUT2D eigenvalue weighted by Crippen LogP contribution is -2.57. The molecule has 0 radical (unpaired) electrons. The number of hydrogen-bond donors (Lipinski definition) is 0. The van der Waals surface area contributed by atoms with Crippen molar-refractivity contribution in [2.24, 2.45) is 0 Å². The molecular formula is C52H34B2N4. The molecule has 8 aromatic carbocycles. The maximum Gasteiger partial charge on any atom is 0.333 e. The largest absolute Gasteiger partial charge is 0.374 e. The molecule has 0 atom stereocenters. The minimum Gasteiger partial charge on any atom is -0.374 e. The zero-order valence-corrected chi connectivity index (χ0v) is 32.1. The third kappa shape index (κ3) is 3.57. The van der Waals surface area contributed by atoms with Crippen LogP contribution in [-0.4, -0.2) is 22.7 Å². The minimum absolute atomic E-state index is 0.00805. The molecule has 6 heterocycles. The highest BCUT2D eigenvalue weighted by Crippen LogP contribution is 2.51. The highest BCUT2D eigenvalue weighted by molar-refractivity contribution is 6.92. The van der Waals surface area contributed by atoms with Crippen molar-refractivity contribution in [3.05, 3.63) is 181 Å². The molecule has 268 valence electrons. The lowest BCUT2D eigenvalue weighted by atomic mass is 9.44. The minimum atomic E-state index is -0.00805. The van der Waals surface area contributed by atoms with E-state index in [0.717, 1.165) is 0 Å². The second-order valence-electron chi connectivity index (χ2n) is 16.5. The fourth-order valence-corrected chi connectivity index (χ4v) is 11.6. The van der Waals surface area contributed by atoms with E-state index in [4.69, 9.17) is 0 Å². The van der Waals surface area contributed by atoms with E-state index < -0.39 is 0 Å². The second-order valence-corrected chi connectivity index (χ2v) is 16.5. The van der Waals surface area contributed by atoms with Crippen LogP contribution in [-0.2, 0) is 0 Å². The zero-order chi connectivity index (χ0) is 38.0. The molecule has 10 aromatic rings. The average molecular weight is 736 g/mol. The van der Waals surface area contributed by atoms with Gasteiger partial charge in [-0.05, 0) is 106 Å². The molecule has 4 aliphatic rings. The SMILES string of the molecule is Cc1ccc2c3c1-c1cccc4c1n(c1c5cccc6c5n(c41)B1c4ccccc4N(c4ccccc4)c4ccc(C)c-6c41)B3c1ccccc1N2c1ccccc1. The Balaban J connectivity index is 1.16. The number of aryl methyl sites for hydroxylation is 2. The molecule has 0 amide bonds. The molecule has 0 spiro atoms. The monoisotopic (exact) mass is 736 g/mol. The number of para-hydroxylation sites is 6. The Hall–Kier alpha value is -7.17. The Bertz CT molecular complexity index is 3220. The van der Waals surface area contributed by atoms with E-state index in [0.29, 0.717) is 0 Å². The normalized spacial score (nSPS) is 13.9. The second kappa shape index (κ2) is 10.8. The summed E-state index contributed by atoms with van der Waals surface area (Å²) in [6, 6.07) is 63.6. The van der Waals surface area contributed by atoms with Gasteiger partial charge in [-0.15, -0.1) is 0 Å². The van der Waals surface area contributed by atoms with Crippen LogP contribution in [0.4, 0.5) is 34.1 Å². The van der Waals surface area contributed by atoms with E-state index in [1.165, 1.54) is 122 Å². The van der Waals surface area contributed by atoms with Gasteiger partial charge in [0.1, 0.15) is 0 Å². The van der Waals surface area contributed by atoms with Crippen LogP contribution in [0, 0.1) is 13.8 Å². The molecule has 0 N–H and O–H groups in total. The summed E-state index contributed by atoms with van der Waals surface area (Å²) in [7, 11) is 0. The van der Waals surface area contributed by atoms with Crippen LogP contribution in [0.2, 0.25) is 0 Å². The Morgan fingerprint density at radius 1 is 0.345 bits per heavy atom. The molecular weight excluding hydrogens is 702 g/mol. The van der Waals surface area contributed by atoms with Crippen molar-refractivity contribution in [3.8, 4) is 22.3 Å². The van der Waals surface area contributed by atoms with Crippen LogP contribution >= 0.6 is 0 Å². The van der Waals surface area contributed by atoms with E-state index in [2.05, 4.69) is 202 Å². The first kappa shape index (κ1) is 31.0. The van der Waals surface area contributed by atoms with Gasteiger partial charge in [-0.3, -0.25) is 0 Å². The summed E-state index contributed by atoms with van der Waals surface area (Å²) < 4.78 is 5.51. The number of rotatable bonds is 2. The quantitative estimate of drug-likeness (QED) is 0.164. The van der Waals surface area contributed by atoms with Crippen LogP contribution in [0.1, 0.15) is 11.1 Å². The summed E-state index contributed by atoms with van der Waals surface area (Å²) in [6.07, 6.45) is 0. The molecule has 4 aliphatic heterocycles. The van der Waals surface area contributed by atoms with Gasteiger partial charge < -0.3 is 18.8 Å². The molecule has 58 heavy (non-hydrogen) atoms. The first-order valence-electron chi connectivity index (χ1n) is 20.4. The van der Waals surface area contributed by atoms with E-state index in [9.17, 15) is 0 Å². The lowest BCUT2D eigenvalue weighted by Gasteiger charge is -2.41. The molecule has 0 unspecified atom stereocenters. The van der Waals surface area contributed by atoms with Crippen LogP contribution in [0.3, 0.4) is 0 Å². The molecule has 4 nitrogen and oxygen atoms in total. The smallest absolute Gasteiger partial charge is 0.333 e. The molecule has 6 heteroatoms. The van der Waals surface area contributed by atoms with Crippen molar-refractivity contribution in [1.82, 2.24) is 8.96 Å². The van der Waals surface area contributed by atoms with Gasteiger partial charge in [-0.25, -0.2) is 0 Å². The topological polar surface area (TPSA) is 16.3 Å². The summed E-state index contributed by atoms with van der Waals surface area (Å²) in [5, 5.41) is 2.63. The predicted octanol–water partition coefficient (Wildman–Crippen LogP) is 10.2. The van der Waals surface area contributed by atoms with E-state index in [1.54, 1.807) is 0 Å². The van der Waals surface area contributed by atoms with Crippen LogP contribution in [0.15, 0.2) is 170 Å². The van der Waals surface area contributed by atoms with E-state index >= 15 is 0 Å². The standard InChI is InChI=1S/C52H34B2N4/c1-31-27-29-43-47-45(31)35-19-13-21-37-49(35)57(53(47)39-23-9-11-25-41(39)55(43)33-15-5-3-6-16-33)52-38-22-14-20-36-46-32(2)28-30-44-48(46)54(58(50(36)38)51(37)52)40-24-10-12-26-42(40)56(44)34-17-7-4-8-18-34/h3-30H,1-2H3.